The van der Waals surface area contributed by atoms with Gasteiger partial charge in [0.1, 0.15) is 11.6 Å². The maximum absolute atomic E-state index is 13.4. The van der Waals surface area contributed by atoms with Gasteiger partial charge in [0.2, 0.25) is 5.91 Å². The van der Waals surface area contributed by atoms with Crippen LogP contribution in [-0.4, -0.2) is 34.2 Å². The van der Waals surface area contributed by atoms with Gasteiger partial charge in [0, 0.05) is 22.7 Å². The number of benzene rings is 1. The second kappa shape index (κ2) is 7.69. The minimum Gasteiger partial charge on any atom is -0.772 e. The van der Waals surface area contributed by atoms with Crippen molar-refractivity contribution < 1.29 is 13.6 Å². The Morgan fingerprint density at radius 3 is 2.79 bits per heavy atom. The first kappa shape index (κ1) is 21.4. The Hall–Kier alpha value is -3.14. The molecule has 2 aliphatic rings. The van der Waals surface area contributed by atoms with E-state index in [1.807, 2.05) is 16.7 Å². The van der Waals surface area contributed by atoms with Crippen molar-refractivity contribution in [2.45, 2.75) is 37.0 Å². The fraction of sp³-hybridized carbons (Fsp3) is 0.250. The van der Waals surface area contributed by atoms with Gasteiger partial charge in [-0.25, -0.2) is 9.97 Å². The molecule has 10 heteroatoms. The number of halogens is 1. The fourth-order valence-electron chi connectivity index (χ4n) is 4.78. The molecule has 1 fully saturated rings. The van der Waals surface area contributed by atoms with Crippen LogP contribution in [0.5, 0.6) is 0 Å². The molecule has 6 rings (SSSR count). The van der Waals surface area contributed by atoms with Crippen LogP contribution in [0.3, 0.4) is 0 Å². The molecule has 4 aromatic rings. The van der Waals surface area contributed by atoms with Crippen molar-refractivity contribution >= 4 is 45.3 Å². The van der Waals surface area contributed by atoms with E-state index in [1.54, 1.807) is 54.7 Å². The van der Waals surface area contributed by atoms with Crippen molar-refractivity contribution in [2.24, 2.45) is 0 Å². The van der Waals surface area contributed by atoms with Crippen molar-refractivity contribution in [3.63, 3.8) is 0 Å². The standard InChI is InChI=1S/C24H20ClN5O3S/c1-14(34(32)33)15-4-9-27-21(10-15)30-19-3-2-16(25)11-18(19)28-22(30)13-29-20-12-26-8-5-17(20)24(6-7-24)23(29)31/h2-5,8-12,14H,6-7,13H2,1H3,(H,32,33)/p-1. The average molecular weight is 493 g/mol. The molecule has 0 bridgehead atoms. The molecule has 1 spiro atoms. The van der Waals surface area contributed by atoms with E-state index in [1.165, 1.54) is 0 Å². The first-order chi connectivity index (χ1) is 16.4. The number of anilines is 1. The summed E-state index contributed by atoms with van der Waals surface area (Å²) in [4.78, 5) is 28.7. The fourth-order valence-corrected chi connectivity index (χ4v) is 5.32. The first-order valence-electron chi connectivity index (χ1n) is 10.9. The lowest BCUT2D eigenvalue weighted by atomic mass is 9.99. The maximum Gasteiger partial charge on any atom is 0.238 e. The van der Waals surface area contributed by atoms with E-state index in [0.29, 0.717) is 27.7 Å². The van der Waals surface area contributed by atoms with Crippen LogP contribution in [0.25, 0.3) is 16.9 Å². The number of nitrogens with zero attached hydrogens (tertiary/aromatic N) is 5. The van der Waals surface area contributed by atoms with Gasteiger partial charge < -0.3 is 9.45 Å². The number of rotatable bonds is 5. The van der Waals surface area contributed by atoms with Crippen molar-refractivity contribution in [1.29, 1.82) is 0 Å². The molecule has 172 valence electrons. The lowest BCUT2D eigenvalue weighted by Gasteiger charge is -2.19. The average Bonchev–Trinajstić information content (AvgIpc) is 3.52. The summed E-state index contributed by atoms with van der Waals surface area (Å²) >= 11 is 3.96. The lowest BCUT2D eigenvalue weighted by molar-refractivity contribution is -0.120. The molecule has 3 aromatic heterocycles. The second-order valence-corrected chi connectivity index (χ2v) is 10.4. The Labute approximate surface area is 202 Å². The smallest absolute Gasteiger partial charge is 0.238 e. The summed E-state index contributed by atoms with van der Waals surface area (Å²) < 4.78 is 25.0. The summed E-state index contributed by atoms with van der Waals surface area (Å²) in [5.74, 6) is 1.18. The van der Waals surface area contributed by atoms with E-state index in [-0.39, 0.29) is 12.5 Å². The van der Waals surface area contributed by atoms with Gasteiger partial charge in [-0.2, -0.15) is 0 Å². The molecule has 1 saturated carbocycles. The minimum atomic E-state index is -2.27. The highest BCUT2D eigenvalue weighted by molar-refractivity contribution is 7.79. The molecule has 2 atom stereocenters. The number of amides is 1. The van der Waals surface area contributed by atoms with Gasteiger partial charge >= 0.3 is 0 Å². The van der Waals surface area contributed by atoms with Crippen molar-refractivity contribution in [1.82, 2.24) is 19.5 Å². The Bertz CT molecular complexity index is 1500. The minimum absolute atomic E-state index is 0.0595. The first-order valence-corrected chi connectivity index (χ1v) is 12.4. The van der Waals surface area contributed by atoms with E-state index >= 15 is 0 Å². The molecule has 1 aliphatic heterocycles. The molecule has 1 amide bonds. The lowest BCUT2D eigenvalue weighted by Crippen LogP contribution is -2.32. The second-order valence-electron chi connectivity index (χ2n) is 8.71. The highest BCUT2D eigenvalue weighted by atomic mass is 35.5. The van der Waals surface area contributed by atoms with Gasteiger partial charge in [0.15, 0.2) is 0 Å². The number of carbonyl (C=O) groups is 1. The summed E-state index contributed by atoms with van der Waals surface area (Å²) in [6.07, 6.45) is 6.70. The van der Waals surface area contributed by atoms with Crippen LogP contribution in [0.15, 0.2) is 55.0 Å². The molecular formula is C24H19ClN5O3S-. The van der Waals surface area contributed by atoms with Crippen LogP contribution in [0.4, 0.5) is 5.69 Å². The van der Waals surface area contributed by atoms with Crippen LogP contribution in [0, 0.1) is 0 Å². The monoisotopic (exact) mass is 492 g/mol. The topological polar surface area (TPSA) is 104 Å². The number of imidazole rings is 1. The third-order valence-electron chi connectivity index (χ3n) is 6.75. The normalized spacial score (nSPS) is 17.9. The highest BCUT2D eigenvalue weighted by Gasteiger charge is 2.59. The Morgan fingerprint density at radius 2 is 2.03 bits per heavy atom. The predicted molar refractivity (Wildman–Crippen MR) is 128 cm³/mol. The zero-order valence-electron chi connectivity index (χ0n) is 18.1. The number of hydrogen-bond donors (Lipinski definition) is 0. The van der Waals surface area contributed by atoms with Crippen LogP contribution >= 0.6 is 11.6 Å². The molecule has 1 aliphatic carbocycles. The van der Waals surface area contributed by atoms with Crippen LogP contribution in [0.1, 0.15) is 42.0 Å². The molecule has 0 N–H and O–H groups in total. The summed E-state index contributed by atoms with van der Waals surface area (Å²) in [5.41, 5.74) is 3.42. The van der Waals surface area contributed by atoms with Gasteiger partial charge in [-0.3, -0.25) is 18.6 Å². The zero-order chi connectivity index (χ0) is 23.6. The van der Waals surface area contributed by atoms with Gasteiger partial charge in [-0.15, -0.1) is 0 Å². The molecule has 1 aromatic carbocycles. The van der Waals surface area contributed by atoms with E-state index in [0.717, 1.165) is 29.6 Å². The molecule has 34 heavy (non-hydrogen) atoms. The molecule has 2 unspecified atom stereocenters. The van der Waals surface area contributed by atoms with Crippen LogP contribution in [-0.2, 0) is 27.8 Å². The van der Waals surface area contributed by atoms with Crippen LogP contribution < -0.4 is 4.90 Å². The molecule has 4 heterocycles. The van der Waals surface area contributed by atoms with E-state index in [2.05, 4.69) is 9.97 Å². The highest BCUT2D eigenvalue weighted by Crippen LogP contribution is 2.57. The van der Waals surface area contributed by atoms with Crippen molar-refractivity contribution in [2.75, 3.05) is 4.90 Å². The summed E-state index contributed by atoms with van der Waals surface area (Å²) in [5, 5.41) is -0.147. The van der Waals surface area contributed by atoms with Crippen LogP contribution in [0.2, 0.25) is 5.02 Å². The number of hydrogen-bond acceptors (Lipinski definition) is 6. The number of aromatic nitrogens is 4. The summed E-state index contributed by atoms with van der Waals surface area (Å²) in [6.45, 7) is 1.84. The molecule has 0 radical (unpaired) electrons. The van der Waals surface area contributed by atoms with E-state index in [4.69, 9.17) is 16.6 Å². The van der Waals surface area contributed by atoms with E-state index < -0.39 is 21.7 Å². The molecule has 8 nitrogen and oxygen atoms in total. The van der Waals surface area contributed by atoms with Crippen molar-refractivity contribution in [3.8, 4) is 5.82 Å². The molecular weight excluding hydrogens is 474 g/mol. The number of fused-ring (bicyclic) bond motifs is 3. The molecule has 0 saturated heterocycles. The van der Waals surface area contributed by atoms with Gasteiger partial charge in [-0.1, -0.05) is 11.6 Å². The number of carbonyl (C=O) groups excluding carboxylic acids is 1. The largest absolute Gasteiger partial charge is 0.772 e. The van der Waals surface area contributed by atoms with Gasteiger partial charge in [0.05, 0.1) is 34.9 Å². The Balaban J connectivity index is 1.50. The third kappa shape index (κ3) is 3.19. The number of pyridine rings is 2. The summed E-state index contributed by atoms with van der Waals surface area (Å²) in [6, 6.07) is 10.7. The Morgan fingerprint density at radius 1 is 1.21 bits per heavy atom. The quantitative estimate of drug-likeness (QED) is 0.390. The van der Waals surface area contributed by atoms with Gasteiger partial charge in [0.25, 0.3) is 0 Å². The predicted octanol–water partition coefficient (Wildman–Crippen LogP) is 3.99. The third-order valence-corrected chi connectivity index (χ3v) is 7.84. The van der Waals surface area contributed by atoms with Gasteiger partial charge in [-0.05, 0) is 78.4 Å². The summed E-state index contributed by atoms with van der Waals surface area (Å²) in [7, 11) is 0. The SMILES string of the molecule is CC(c1ccnc(-n2c(CN3C(=O)C4(CC4)c4ccncc43)nc3cc(Cl)ccc32)c1)S(=O)[O-]. The zero-order valence-corrected chi connectivity index (χ0v) is 19.7. The Kier molecular flexibility index (Phi) is 4.84. The maximum atomic E-state index is 13.4. The van der Waals surface area contributed by atoms with Crippen molar-refractivity contribution in [3.05, 3.63) is 77.0 Å². The van der Waals surface area contributed by atoms with E-state index in [9.17, 15) is 13.6 Å².